The van der Waals surface area contributed by atoms with Crippen LogP contribution in [0.3, 0.4) is 0 Å². The van der Waals surface area contributed by atoms with Gasteiger partial charge in [0.15, 0.2) is 5.58 Å². The Morgan fingerprint density at radius 3 is 2.89 bits per heavy atom. The largest absolute Gasteiger partial charge is 0.466 e. The van der Waals surface area contributed by atoms with Gasteiger partial charge in [-0.2, -0.15) is 0 Å². The first kappa shape index (κ1) is 10.9. The lowest BCUT2D eigenvalue weighted by atomic mass is 10.1. The summed E-state index contributed by atoms with van der Waals surface area (Å²) < 4.78 is 11.6. The van der Waals surface area contributed by atoms with Crippen molar-refractivity contribution in [3.63, 3.8) is 0 Å². The van der Waals surface area contributed by atoms with Gasteiger partial charge in [0.25, 0.3) is 0 Å². The van der Waals surface area contributed by atoms with Crippen molar-refractivity contribution in [2.45, 2.75) is 6.10 Å². The minimum absolute atomic E-state index is 0.422. The smallest absolute Gasteiger partial charge is 0.419 e. The lowest BCUT2D eigenvalue weighted by Gasteiger charge is -2.07. The minimum atomic E-state index is -0.866. The number of aryl methyl sites for hydroxylation is 1. The van der Waals surface area contributed by atoms with Crippen LogP contribution < -0.4 is 5.76 Å². The average molecular weight is 245 g/mol. The maximum Gasteiger partial charge on any atom is 0.419 e. The van der Waals surface area contributed by atoms with E-state index in [9.17, 15) is 9.90 Å². The standard InChI is InChI=1S/C13H11NO4/c1-14-9-5-4-8(7-11(9)18-13(14)16)12(15)10-3-2-6-17-10/h2-7,12,15H,1H3. The van der Waals surface area contributed by atoms with E-state index < -0.39 is 11.9 Å². The summed E-state index contributed by atoms with van der Waals surface area (Å²) >= 11 is 0. The second kappa shape index (κ2) is 3.89. The zero-order chi connectivity index (χ0) is 12.7. The van der Waals surface area contributed by atoms with Crippen molar-refractivity contribution in [1.82, 2.24) is 4.57 Å². The lowest BCUT2D eigenvalue weighted by molar-refractivity contribution is 0.189. The molecular weight excluding hydrogens is 234 g/mol. The molecule has 0 amide bonds. The molecule has 1 atom stereocenters. The van der Waals surface area contributed by atoms with Gasteiger partial charge in [-0.3, -0.25) is 4.57 Å². The normalized spacial score (nSPS) is 13.0. The van der Waals surface area contributed by atoms with Crippen molar-refractivity contribution >= 4 is 11.1 Å². The van der Waals surface area contributed by atoms with Gasteiger partial charge >= 0.3 is 5.76 Å². The first-order chi connectivity index (χ1) is 8.66. The molecule has 1 unspecified atom stereocenters. The molecule has 3 rings (SSSR count). The first-order valence-electron chi connectivity index (χ1n) is 5.48. The summed E-state index contributed by atoms with van der Waals surface area (Å²) in [5.41, 5.74) is 1.76. The second-order valence-electron chi connectivity index (χ2n) is 4.07. The highest BCUT2D eigenvalue weighted by Crippen LogP contribution is 2.25. The van der Waals surface area contributed by atoms with E-state index in [0.29, 0.717) is 22.4 Å². The van der Waals surface area contributed by atoms with Crippen molar-refractivity contribution < 1.29 is 13.9 Å². The van der Waals surface area contributed by atoms with Gasteiger partial charge in [0.2, 0.25) is 0 Å². The van der Waals surface area contributed by atoms with Crippen LogP contribution in [0.1, 0.15) is 17.4 Å². The number of fused-ring (bicyclic) bond motifs is 1. The summed E-state index contributed by atoms with van der Waals surface area (Å²) in [6.07, 6.45) is 0.634. The molecule has 92 valence electrons. The van der Waals surface area contributed by atoms with Crippen LogP contribution in [-0.4, -0.2) is 9.67 Å². The van der Waals surface area contributed by atoms with Gasteiger partial charge < -0.3 is 13.9 Å². The van der Waals surface area contributed by atoms with Crippen molar-refractivity contribution in [1.29, 1.82) is 0 Å². The maximum atomic E-state index is 11.4. The van der Waals surface area contributed by atoms with Gasteiger partial charge in [0.1, 0.15) is 11.9 Å². The van der Waals surface area contributed by atoms with E-state index in [2.05, 4.69) is 0 Å². The Kier molecular flexibility index (Phi) is 2.34. The molecule has 0 radical (unpaired) electrons. The fourth-order valence-electron chi connectivity index (χ4n) is 1.93. The van der Waals surface area contributed by atoms with E-state index in [4.69, 9.17) is 8.83 Å². The zero-order valence-electron chi connectivity index (χ0n) is 9.66. The monoisotopic (exact) mass is 245 g/mol. The van der Waals surface area contributed by atoms with Crippen molar-refractivity contribution in [3.8, 4) is 0 Å². The third kappa shape index (κ3) is 1.56. The molecule has 0 aliphatic rings. The summed E-state index contributed by atoms with van der Waals surface area (Å²) in [6.45, 7) is 0. The topological polar surface area (TPSA) is 68.5 Å². The number of hydrogen-bond acceptors (Lipinski definition) is 4. The van der Waals surface area contributed by atoms with Gasteiger partial charge in [0.05, 0.1) is 11.8 Å². The van der Waals surface area contributed by atoms with E-state index >= 15 is 0 Å². The number of nitrogens with zero attached hydrogens (tertiary/aromatic N) is 1. The molecule has 18 heavy (non-hydrogen) atoms. The van der Waals surface area contributed by atoms with Crippen LogP contribution in [-0.2, 0) is 7.05 Å². The lowest BCUT2D eigenvalue weighted by Crippen LogP contribution is -2.08. The Hall–Kier alpha value is -2.27. The molecule has 2 heterocycles. The summed E-state index contributed by atoms with van der Waals surface area (Å²) in [5, 5.41) is 10.1. The molecule has 1 aromatic carbocycles. The van der Waals surface area contributed by atoms with Crippen LogP contribution in [0.25, 0.3) is 11.1 Å². The van der Waals surface area contributed by atoms with Crippen LogP contribution in [0.5, 0.6) is 0 Å². The molecule has 2 aromatic heterocycles. The van der Waals surface area contributed by atoms with Gasteiger partial charge in [-0.15, -0.1) is 0 Å². The molecule has 1 N–H and O–H groups in total. The fraction of sp³-hybridized carbons (Fsp3) is 0.154. The van der Waals surface area contributed by atoms with Gasteiger partial charge in [-0.1, -0.05) is 6.07 Å². The molecule has 5 nitrogen and oxygen atoms in total. The van der Waals surface area contributed by atoms with Crippen molar-refractivity contribution in [2.24, 2.45) is 7.05 Å². The second-order valence-corrected chi connectivity index (χ2v) is 4.07. The third-order valence-corrected chi connectivity index (χ3v) is 2.94. The van der Waals surface area contributed by atoms with Gasteiger partial charge in [0, 0.05) is 7.05 Å². The van der Waals surface area contributed by atoms with Crippen molar-refractivity contribution in [2.75, 3.05) is 0 Å². The molecule has 3 aromatic rings. The molecule has 0 aliphatic carbocycles. The summed E-state index contributed by atoms with van der Waals surface area (Å²) in [5.74, 6) is 0.0299. The predicted octanol–water partition coefficient (Wildman–Crippen LogP) is 1.81. The number of oxazole rings is 1. The SMILES string of the molecule is Cn1c(=O)oc2cc(C(O)c3ccco3)ccc21. The van der Waals surface area contributed by atoms with Crippen LogP contribution in [0, 0.1) is 0 Å². The van der Waals surface area contributed by atoms with E-state index in [1.807, 2.05) is 0 Å². The van der Waals surface area contributed by atoms with Crippen LogP contribution in [0.15, 0.2) is 50.2 Å². The number of furan rings is 1. The highest BCUT2D eigenvalue weighted by Gasteiger charge is 2.15. The highest BCUT2D eigenvalue weighted by atomic mass is 16.4. The average Bonchev–Trinajstić information content (AvgIpc) is 2.98. The molecule has 0 bridgehead atoms. The van der Waals surface area contributed by atoms with Gasteiger partial charge in [-0.25, -0.2) is 4.79 Å². The first-order valence-corrected chi connectivity index (χ1v) is 5.48. The molecule has 5 heteroatoms. The summed E-state index contributed by atoms with van der Waals surface area (Å²) in [6, 6.07) is 8.52. The van der Waals surface area contributed by atoms with E-state index in [-0.39, 0.29) is 0 Å². The van der Waals surface area contributed by atoms with Crippen LogP contribution in [0.4, 0.5) is 0 Å². The van der Waals surface area contributed by atoms with Gasteiger partial charge in [-0.05, 0) is 29.8 Å². The molecular formula is C13H11NO4. The van der Waals surface area contributed by atoms with Crippen LogP contribution in [0.2, 0.25) is 0 Å². The van der Waals surface area contributed by atoms with Crippen molar-refractivity contribution in [3.05, 3.63) is 58.5 Å². The molecule has 0 aliphatic heterocycles. The Bertz CT molecular complexity index is 736. The predicted molar refractivity (Wildman–Crippen MR) is 64.2 cm³/mol. The number of hydrogen-bond donors (Lipinski definition) is 1. The third-order valence-electron chi connectivity index (χ3n) is 2.94. The molecule has 0 saturated carbocycles. The fourth-order valence-corrected chi connectivity index (χ4v) is 1.93. The Morgan fingerprint density at radius 2 is 2.17 bits per heavy atom. The quantitative estimate of drug-likeness (QED) is 0.747. The van der Waals surface area contributed by atoms with Crippen LogP contribution >= 0.6 is 0 Å². The summed E-state index contributed by atoms with van der Waals surface area (Å²) in [7, 11) is 1.64. The Labute approximate surface area is 102 Å². The Balaban J connectivity index is 2.11. The number of aliphatic hydroxyl groups excluding tert-OH is 1. The highest BCUT2D eigenvalue weighted by molar-refractivity contribution is 5.73. The van der Waals surface area contributed by atoms with E-state index in [1.165, 1.54) is 10.8 Å². The molecule has 0 spiro atoms. The number of aliphatic hydroxyl groups is 1. The number of aromatic nitrogens is 1. The molecule has 0 saturated heterocycles. The zero-order valence-corrected chi connectivity index (χ0v) is 9.66. The maximum absolute atomic E-state index is 11.4. The Morgan fingerprint density at radius 1 is 1.33 bits per heavy atom. The molecule has 0 fully saturated rings. The van der Waals surface area contributed by atoms with E-state index in [0.717, 1.165) is 0 Å². The number of benzene rings is 1. The number of rotatable bonds is 2. The van der Waals surface area contributed by atoms with E-state index in [1.54, 1.807) is 37.4 Å². The summed E-state index contributed by atoms with van der Waals surface area (Å²) in [4.78, 5) is 11.4. The minimum Gasteiger partial charge on any atom is -0.466 e.